The molecule has 2 radical (unpaired) electrons. The average Bonchev–Trinajstić information content (AvgIpc) is 2.15. The van der Waals surface area contributed by atoms with Crippen molar-refractivity contribution in [3.8, 4) is 0 Å². The Morgan fingerprint density at radius 1 is 0.857 bits per heavy atom. The van der Waals surface area contributed by atoms with E-state index in [-0.39, 0.29) is 0 Å². The van der Waals surface area contributed by atoms with Crippen molar-refractivity contribution in [2.24, 2.45) is 0 Å². The van der Waals surface area contributed by atoms with Gasteiger partial charge in [0, 0.05) is 0 Å². The van der Waals surface area contributed by atoms with Gasteiger partial charge in [-0.25, -0.2) is 4.39 Å². The van der Waals surface area contributed by atoms with Gasteiger partial charge in [-0.3, -0.25) is 0 Å². The number of hydrogen-bond acceptors (Lipinski definition) is 0. The van der Waals surface area contributed by atoms with Crippen LogP contribution in [0.3, 0.4) is 0 Å². The zero-order valence-corrected chi connectivity index (χ0v) is 9.47. The first kappa shape index (κ1) is 13.9. The Kier molecular flexibility index (Phi) is 10.9. The summed E-state index contributed by atoms with van der Waals surface area (Å²) in [4.78, 5) is 0. The largest absolute Gasteiger partial charge is 0.227 e. The quantitative estimate of drug-likeness (QED) is 0.372. The molecule has 0 heterocycles. The molecular weight excluding hydrogens is 177 g/mol. The van der Waals surface area contributed by atoms with Gasteiger partial charge in [-0.2, -0.15) is 0 Å². The molecule has 0 bridgehead atoms. The third kappa shape index (κ3) is 11.9. The van der Waals surface area contributed by atoms with Gasteiger partial charge in [0.05, 0.1) is 0 Å². The van der Waals surface area contributed by atoms with Crippen LogP contribution in [-0.2, 0) is 0 Å². The highest BCUT2D eigenvalue weighted by Crippen LogP contribution is 2.11. The predicted octanol–water partition coefficient (Wildman–Crippen LogP) is 4.27. The van der Waals surface area contributed by atoms with Crippen LogP contribution in [0.15, 0.2) is 0 Å². The lowest BCUT2D eigenvalue weighted by molar-refractivity contribution is 0.303. The van der Waals surface area contributed by atoms with Crippen LogP contribution in [0.5, 0.6) is 0 Å². The minimum atomic E-state index is -1.60. The second-order valence-corrected chi connectivity index (χ2v) is 4.05. The third-order valence-electron chi connectivity index (χ3n) is 2.55. The Bertz CT molecular complexity index is 104. The molecule has 0 aromatic heterocycles. The Hall–Kier alpha value is -0.110. The maximum Gasteiger partial charge on any atom is 0.183 e. The molecule has 0 aliphatic carbocycles. The Morgan fingerprint density at radius 3 is 1.71 bits per heavy atom. The first-order valence-corrected chi connectivity index (χ1v) is 6.09. The van der Waals surface area contributed by atoms with Crippen molar-refractivity contribution in [1.82, 2.24) is 5.73 Å². The van der Waals surface area contributed by atoms with Crippen LogP contribution in [0.1, 0.15) is 71.1 Å². The standard InChI is InChI=1S/C12H24FN/c1-2-3-4-5-6-7-8-9-10-11-12(13)14/h12H,2-11H2,1H3. The molecule has 0 N–H and O–H groups in total. The minimum Gasteiger partial charge on any atom is -0.227 e. The number of rotatable bonds is 10. The SMILES string of the molecule is CCCCCCCCCCCC([N])F. The van der Waals surface area contributed by atoms with Crippen LogP contribution >= 0.6 is 0 Å². The normalized spacial score (nSPS) is 13.1. The second kappa shape index (κ2) is 11.0. The summed E-state index contributed by atoms with van der Waals surface area (Å²) in [6.07, 6.45) is 9.75. The molecule has 1 nitrogen and oxygen atoms in total. The van der Waals surface area contributed by atoms with E-state index >= 15 is 0 Å². The van der Waals surface area contributed by atoms with Crippen LogP contribution in [-0.4, -0.2) is 6.30 Å². The molecule has 14 heavy (non-hydrogen) atoms. The van der Waals surface area contributed by atoms with Crippen LogP contribution in [0.2, 0.25) is 0 Å². The molecule has 2 heteroatoms. The molecule has 0 rings (SSSR count). The molecule has 0 aromatic carbocycles. The molecule has 0 fully saturated rings. The molecule has 0 aromatic rings. The molecule has 0 aliphatic rings. The molecule has 0 spiro atoms. The van der Waals surface area contributed by atoms with Crippen LogP contribution < -0.4 is 5.73 Å². The fraction of sp³-hybridized carbons (Fsp3) is 1.00. The van der Waals surface area contributed by atoms with Crippen molar-refractivity contribution >= 4 is 0 Å². The van der Waals surface area contributed by atoms with Crippen molar-refractivity contribution < 1.29 is 4.39 Å². The minimum absolute atomic E-state index is 0.315. The van der Waals surface area contributed by atoms with Crippen LogP contribution in [0, 0.1) is 0 Å². The number of alkyl halides is 1. The number of nitrogens with zero attached hydrogens (tertiary/aromatic N) is 1. The Balaban J connectivity index is 2.85. The lowest BCUT2D eigenvalue weighted by atomic mass is 10.1. The molecule has 84 valence electrons. The molecule has 0 saturated heterocycles. The van der Waals surface area contributed by atoms with Crippen molar-refractivity contribution in [2.75, 3.05) is 0 Å². The van der Waals surface area contributed by atoms with Crippen LogP contribution in [0.25, 0.3) is 0 Å². The van der Waals surface area contributed by atoms with E-state index in [1.165, 1.54) is 44.9 Å². The summed E-state index contributed by atoms with van der Waals surface area (Å²) in [5.74, 6) is 0. The van der Waals surface area contributed by atoms with Crippen molar-refractivity contribution in [2.45, 2.75) is 77.4 Å². The highest BCUT2D eigenvalue weighted by molar-refractivity contribution is 4.49. The lowest BCUT2D eigenvalue weighted by Crippen LogP contribution is -1.98. The summed E-state index contributed by atoms with van der Waals surface area (Å²) in [6.45, 7) is 2.22. The number of hydrogen-bond donors (Lipinski definition) is 0. The van der Waals surface area contributed by atoms with Gasteiger partial charge in [-0.05, 0) is 12.8 Å². The van der Waals surface area contributed by atoms with Gasteiger partial charge >= 0.3 is 0 Å². The highest BCUT2D eigenvalue weighted by Gasteiger charge is 1.99. The maximum atomic E-state index is 12.0. The van der Waals surface area contributed by atoms with Crippen molar-refractivity contribution in [3.63, 3.8) is 0 Å². The first-order chi connectivity index (χ1) is 6.77. The van der Waals surface area contributed by atoms with Gasteiger partial charge in [0.2, 0.25) is 0 Å². The van der Waals surface area contributed by atoms with E-state index in [9.17, 15) is 4.39 Å². The molecule has 0 amide bonds. The molecular formula is C12H24FN. The summed E-state index contributed by atoms with van der Waals surface area (Å²) in [5, 5.41) is 0. The molecule has 1 atom stereocenters. The van der Waals surface area contributed by atoms with Gasteiger partial charge in [-0.1, -0.05) is 58.3 Å². The second-order valence-electron chi connectivity index (χ2n) is 4.05. The summed E-state index contributed by atoms with van der Waals surface area (Å²) in [6, 6.07) is 0. The fourth-order valence-electron chi connectivity index (χ4n) is 1.62. The van der Waals surface area contributed by atoms with E-state index in [1.807, 2.05) is 0 Å². The van der Waals surface area contributed by atoms with E-state index in [4.69, 9.17) is 5.73 Å². The van der Waals surface area contributed by atoms with Crippen molar-refractivity contribution in [3.05, 3.63) is 0 Å². The average molecular weight is 201 g/mol. The highest BCUT2D eigenvalue weighted by atomic mass is 19.1. The summed E-state index contributed by atoms with van der Waals surface area (Å²) < 4.78 is 12.0. The van der Waals surface area contributed by atoms with Gasteiger partial charge in [0.1, 0.15) is 0 Å². The van der Waals surface area contributed by atoms with Gasteiger partial charge in [0.25, 0.3) is 0 Å². The van der Waals surface area contributed by atoms with E-state index < -0.39 is 6.30 Å². The lowest BCUT2D eigenvalue weighted by Gasteiger charge is -2.01. The topological polar surface area (TPSA) is 22.3 Å². The number of halogens is 1. The van der Waals surface area contributed by atoms with E-state index in [1.54, 1.807) is 0 Å². The number of unbranched alkanes of at least 4 members (excludes halogenated alkanes) is 8. The van der Waals surface area contributed by atoms with E-state index in [2.05, 4.69) is 6.92 Å². The van der Waals surface area contributed by atoms with Gasteiger partial charge < -0.3 is 0 Å². The zero-order chi connectivity index (χ0) is 10.6. The molecule has 0 saturated carbocycles. The zero-order valence-electron chi connectivity index (χ0n) is 9.47. The predicted molar refractivity (Wildman–Crippen MR) is 58.9 cm³/mol. The van der Waals surface area contributed by atoms with Gasteiger partial charge in [-0.15, -0.1) is 5.73 Å². The van der Waals surface area contributed by atoms with Gasteiger partial charge in [0.15, 0.2) is 6.30 Å². The van der Waals surface area contributed by atoms with E-state index in [0.29, 0.717) is 6.42 Å². The van der Waals surface area contributed by atoms with Crippen molar-refractivity contribution in [1.29, 1.82) is 0 Å². The summed E-state index contributed by atoms with van der Waals surface area (Å²) in [7, 11) is 0. The summed E-state index contributed by atoms with van der Waals surface area (Å²) >= 11 is 0. The smallest absolute Gasteiger partial charge is 0.183 e. The van der Waals surface area contributed by atoms with Crippen LogP contribution in [0.4, 0.5) is 4.39 Å². The summed E-state index contributed by atoms with van der Waals surface area (Å²) in [5.41, 5.74) is 8.39. The molecule has 0 aliphatic heterocycles. The first-order valence-electron chi connectivity index (χ1n) is 6.09. The fourth-order valence-corrected chi connectivity index (χ4v) is 1.62. The van der Waals surface area contributed by atoms with E-state index in [0.717, 1.165) is 12.8 Å². The maximum absolute atomic E-state index is 12.0. The Labute approximate surface area is 88.3 Å². The third-order valence-corrected chi connectivity index (χ3v) is 2.55. The monoisotopic (exact) mass is 201 g/mol. The molecule has 1 unspecified atom stereocenters. The Morgan fingerprint density at radius 2 is 1.29 bits per heavy atom.